The van der Waals surface area contributed by atoms with Gasteiger partial charge in [0.25, 0.3) is 0 Å². The quantitative estimate of drug-likeness (QED) is 0.931. The van der Waals surface area contributed by atoms with E-state index in [0.29, 0.717) is 0 Å². The van der Waals surface area contributed by atoms with Crippen LogP contribution < -0.4 is 5.32 Å². The minimum Gasteiger partial charge on any atom is -0.303 e. The molecule has 0 aromatic carbocycles. The molecule has 2 aromatic heterocycles. The summed E-state index contributed by atoms with van der Waals surface area (Å²) in [5.41, 5.74) is 2.97. The van der Waals surface area contributed by atoms with Gasteiger partial charge in [0.05, 0.1) is 17.4 Å². The number of aryl methyl sites for hydroxylation is 1. The highest BCUT2D eigenvalue weighted by Gasteiger charge is 2.20. The second-order valence-corrected chi connectivity index (χ2v) is 6.83. The summed E-state index contributed by atoms with van der Waals surface area (Å²) in [6, 6.07) is 1.65. The van der Waals surface area contributed by atoms with Gasteiger partial charge >= 0.3 is 0 Å². The molecular formula is C17H25FN4. The molecule has 2 aromatic rings. The molecule has 4 nitrogen and oxygen atoms in total. The SMILES string of the molecule is Cc1nn(C(C)(C)C)cc1[C@H](C)N[C@@H](C)c1cncc(F)c1. The third-order valence-corrected chi connectivity index (χ3v) is 3.82. The van der Waals surface area contributed by atoms with Crippen LogP contribution in [0.5, 0.6) is 0 Å². The summed E-state index contributed by atoms with van der Waals surface area (Å²) in [4.78, 5) is 3.91. The van der Waals surface area contributed by atoms with Crippen LogP contribution in [0.25, 0.3) is 0 Å². The van der Waals surface area contributed by atoms with E-state index in [-0.39, 0.29) is 23.4 Å². The van der Waals surface area contributed by atoms with Gasteiger partial charge in [-0.1, -0.05) is 0 Å². The number of halogens is 1. The number of hydrogen-bond acceptors (Lipinski definition) is 3. The monoisotopic (exact) mass is 304 g/mol. The van der Waals surface area contributed by atoms with E-state index >= 15 is 0 Å². The van der Waals surface area contributed by atoms with E-state index in [4.69, 9.17) is 0 Å². The second kappa shape index (κ2) is 6.16. The van der Waals surface area contributed by atoms with Crippen molar-refractivity contribution in [2.24, 2.45) is 0 Å². The normalized spacial score (nSPS) is 14.9. The van der Waals surface area contributed by atoms with Gasteiger partial charge in [-0.15, -0.1) is 0 Å². The van der Waals surface area contributed by atoms with Crippen LogP contribution in [-0.4, -0.2) is 14.8 Å². The molecule has 0 bridgehead atoms. The lowest BCUT2D eigenvalue weighted by Crippen LogP contribution is -2.23. The van der Waals surface area contributed by atoms with Crippen LogP contribution in [0.4, 0.5) is 4.39 Å². The van der Waals surface area contributed by atoms with Crippen molar-refractivity contribution in [1.82, 2.24) is 20.1 Å². The smallest absolute Gasteiger partial charge is 0.141 e. The molecule has 22 heavy (non-hydrogen) atoms. The number of hydrogen-bond donors (Lipinski definition) is 1. The van der Waals surface area contributed by atoms with Crippen LogP contribution in [0.1, 0.15) is 63.5 Å². The van der Waals surface area contributed by atoms with E-state index in [1.54, 1.807) is 6.20 Å². The van der Waals surface area contributed by atoms with Crippen molar-refractivity contribution >= 4 is 0 Å². The Hall–Kier alpha value is -1.75. The van der Waals surface area contributed by atoms with Gasteiger partial charge in [0, 0.05) is 30.0 Å². The van der Waals surface area contributed by atoms with Crippen molar-refractivity contribution < 1.29 is 4.39 Å². The molecule has 0 unspecified atom stereocenters. The molecule has 0 aliphatic rings. The van der Waals surface area contributed by atoms with Crippen LogP contribution >= 0.6 is 0 Å². The van der Waals surface area contributed by atoms with Crippen LogP contribution in [0.15, 0.2) is 24.7 Å². The summed E-state index contributed by atoms with van der Waals surface area (Å²) in [6.45, 7) is 12.5. The van der Waals surface area contributed by atoms with Gasteiger partial charge in [-0.2, -0.15) is 5.10 Å². The zero-order valence-corrected chi connectivity index (χ0v) is 14.2. The third-order valence-electron chi connectivity index (χ3n) is 3.82. The molecule has 5 heteroatoms. The molecule has 0 spiro atoms. The van der Waals surface area contributed by atoms with Gasteiger partial charge in [0.1, 0.15) is 5.82 Å². The lowest BCUT2D eigenvalue weighted by molar-refractivity contribution is 0.353. The van der Waals surface area contributed by atoms with Gasteiger partial charge in [-0.05, 0) is 53.2 Å². The van der Waals surface area contributed by atoms with Crippen LogP contribution in [-0.2, 0) is 5.54 Å². The third kappa shape index (κ3) is 3.71. The van der Waals surface area contributed by atoms with Gasteiger partial charge < -0.3 is 5.32 Å². The standard InChI is InChI=1S/C17H25FN4/c1-11(14-7-15(18)9-19-8-14)20-12(2)16-10-22(17(4,5)6)21-13(16)3/h7-12,20H,1-6H3/t11-,12-/m0/s1. The first-order valence-electron chi connectivity index (χ1n) is 7.61. The Kier molecular flexibility index (Phi) is 4.66. The first-order valence-corrected chi connectivity index (χ1v) is 7.61. The van der Waals surface area contributed by atoms with Crippen LogP contribution in [0, 0.1) is 12.7 Å². The number of pyridine rings is 1. The summed E-state index contributed by atoms with van der Waals surface area (Å²) < 4.78 is 15.3. The maximum absolute atomic E-state index is 13.3. The molecule has 0 radical (unpaired) electrons. The average molecular weight is 304 g/mol. The number of nitrogens with one attached hydrogen (secondary N) is 1. The number of rotatable bonds is 4. The molecular weight excluding hydrogens is 279 g/mol. The van der Waals surface area contributed by atoms with Gasteiger partial charge in [0.2, 0.25) is 0 Å². The average Bonchev–Trinajstić information content (AvgIpc) is 2.81. The summed E-state index contributed by atoms with van der Waals surface area (Å²) in [5.74, 6) is -0.310. The van der Waals surface area contributed by atoms with Crippen molar-refractivity contribution in [2.75, 3.05) is 0 Å². The van der Waals surface area contributed by atoms with Gasteiger partial charge in [-0.25, -0.2) is 4.39 Å². The molecule has 0 fully saturated rings. The van der Waals surface area contributed by atoms with Crippen LogP contribution in [0.3, 0.4) is 0 Å². The molecule has 0 amide bonds. The molecule has 1 N–H and O–H groups in total. The number of nitrogens with zero attached hydrogens (tertiary/aromatic N) is 3. The zero-order chi connectivity index (χ0) is 16.5. The maximum atomic E-state index is 13.3. The summed E-state index contributed by atoms with van der Waals surface area (Å²) in [5, 5.41) is 8.09. The largest absolute Gasteiger partial charge is 0.303 e. The topological polar surface area (TPSA) is 42.7 Å². The Balaban J connectivity index is 2.15. The van der Waals surface area contributed by atoms with Crippen LogP contribution in [0.2, 0.25) is 0 Å². The van der Waals surface area contributed by atoms with Crippen molar-refractivity contribution in [1.29, 1.82) is 0 Å². The van der Waals surface area contributed by atoms with Crippen molar-refractivity contribution in [2.45, 2.75) is 59.2 Å². The van der Waals surface area contributed by atoms with Crippen molar-refractivity contribution in [3.8, 4) is 0 Å². The number of aromatic nitrogens is 3. The van der Waals surface area contributed by atoms with E-state index in [2.05, 4.69) is 49.3 Å². The Morgan fingerprint density at radius 3 is 2.41 bits per heavy atom. The fourth-order valence-electron chi connectivity index (χ4n) is 2.47. The predicted molar refractivity (Wildman–Crippen MR) is 86.1 cm³/mol. The first-order chi connectivity index (χ1) is 10.2. The molecule has 0 aliphatic heterocycles. The fraction of sp³-hybridized carbons (Fsp3) is 0.529. The highest BCUT2D eigenvalue weighted by molar-refractivity contribution is 5.22. The summed E-state index contributed by atoms with van der Waals surface area (Å²) >= 11 is 0. The minimum absolute atomic E-state index is 0.00980. The lowest BCUT2D eigenvalue weighted by Gasteiger charge is -2.21. The molecule has 0 aliphatic carbocycles. The highest BCUT2D eigenvalue weighted by Crippen LogP contribution is 2.24. The summed E-state index contributed by atoms with van der Waals surface area (Å²) in [6.07, 6.45) is 5.00. The van der Waals surface area contributed by atoms with E-state index in [9.17, 15) is 4.39 Å². The van der Waals surface area contributed by atoms with E-state index in [1.165, 1.54) is 12.3 Å². The predicted octanol–water partition coefficient (Wildman–Crippen LogP) is 3.89. The Morgan fingerprint density at radius 2 is 1.86 bits per heavy atom. The van der Waals surface area contributed by atoms with E-state index < -0.39 is 0 Å². The van der Waals surface area contributed by atoms with E-state index in [0.717, 1.165) is 16.8 Å². The molecule has 2 atom stereocenters. The van der Waals surface area contributed by atoms with Crippen molar-refractivity contribution in [3.63, 3.8) is 0 Å². The van der Waals surface area contributed by atoms with Gasteiger partial charge in [-0.3, -0.25) is 9.67 Å². The fourth-order valence-corrected chi connectivity index (χ4v) is 2.47. The highest BCUT2D eigenvalue weighted by atomic mass is 19.1. The van der Waals surface area contributed by atoms with E-state index in [1.807, 2.05) is 18.5 Å². The Morgan fingerprint density at radius 1 is 1.18 bits per heavy atom. The molecule has 0 saturated heterocycles. The molecule has 120 valence electrons. The molecule has 2 rings (SSSR count). The maximum Gasteiger partial charge on any atom is 0.141 e. The first kappa shape index (κ1) is 16.6. The molecule has 0 saturated carbocycles. The van der Waals surface area contributed by atoms with Crippen molar-refractivity contribution in [3.05, 3.63) is 47.3 Å². The Bertz CT molecular complexity index is 642. The second-order valence-electron chi connectivity index (χ2n) is 6.83. The minimum atomic E-state index is -0.310. The Labute approximate surface area is 131 Å². The lowest BCUT2D eigenvalue weighted by atomic mass is 10.1. The summed E-state index contributed by atoms with van der Waals surface area (Å²) in [7, 11) is 0. The molecule has 2 heterocycles. The van der Waals surface area contributed by atoms with Gasteiger partial charge in [0.15, 0.2) is 0 Å². The zero-order valence-electron chi connectivity index (χ0n) is 14.2.